The van der Waals surface area contributed by atoms with Crippen LogP contribution in [0.15, 0.2) is 66.7 Å². The fourth-order valence-corrected chi connectivity index (χ4v) is 5.20. The molecule has 0 amide bonds. The maximum atomic E-state index is 12.1. The van der Waals surface area contributed by atoms with Crippen LogP contribution in [0.4, 0.5) is 0 Å². The number of benzene rings is 3. The summed E-state index contributed by atoms with van der Waals surface area (Å²) >= 11 is 0. The Morgan fingerprint density at radius 3 is 1.98 bits per heavy atom. The molecule has 0 radical (unpaired) electrons. The van der Waals surface area contributed by atoms with E-state index in [0.29, 0.717) is 11.5 Å². The number of nitrogens with one attached hydrogen (secondary N) is 1. The van der Waals surface area contributed by atoms with E-state index in [1.807, 2.05) is 80.7 Å². The average molecular weight is 632 g/mol. The molecule has 246 valence electrons. The lowest BCUT2D eigenvalue weighted by Crippen LogP contribution is -2.43. The molecule has 0 bridgehead atoms. The van der Waals surface area contributed by atoms with Gasteiger partial charge in [-0.15, -0.1) is 0 Å². The summed E-state index contributed by atoms with van der Waals surface area (Å²) in [6.07, 6.45) is 1.12. The molecule has 0 aliphatic carbocycles. The van der Waals surface area contributed by atoms with Crippen molar-refractivity contribution in [2.45, 2.75) is 66.5 Å². The van der Waals surface area contributed by atoms with Crippen molar-refractivity contribution in [3.63, 3.8) is 0 Å². The molecule has 4 rings (SSSR count). The summed E-state index contributed by atoms with van der Waals surface area (Å²) in [5.74, 6) is 2.03. The molecule has 1 N–H and O–H groups in total. The van der Waals surface area contributed by atoms with Gasteiger partial charge in [0.05, 0.1) is 5.41 Å². The fraction of sp³-hybridized carbons (Fsp3) is 0.405. The summed E-state index contributed by atoms with van der Waals surface area (Å²) in [4.78, 5) is 23.8. The summed E-state index contributed by atoms with van der Waals surface area (Å²) < 4.78 is 33.8. The molecular weight excluding hydrogens is 586 g/mol. The zero-order valence-corrected chi connectivity index (χ0v) is 27.8. The Kier molecular flexibility index (Phi) is 11.7. The van der Waals surface area contributed by atoms with Crippen LogP contribution in [0.1, 0.15) is 71.1 Å². The highest BCUT2D eigenvalue weighted by Gasteiger charge is 2.24. The van der Waals surface area contributed by atoms with E-state index in [4.69, 9.17) is 28.4 Å². The second kappa shape index (κ2) is 15.7. The third kappa shape index (κ3) is 8.81. The van der Waals surface area contributed by atoms with Crippen LogP contribution in [0.25, 0.3) is 11.1 Å². The van der Waals surface area contributed by atoms with Gasteiger partial charge in [0.1, 0.15) is 18.1 Å². The minimum atomic E-state index is -0.604. The van der Waals surface area contributed by atoms with Crippen molar-refractivity contribution in [2.75, 3.05) is 27.2 Å². The second-order valence-electron chi connectivity index (χ2n) is 12.0. The molecule has 46 heavy (non-hydrogen) atoms. The molecule has 2 unspecified atom stereocenters. The van der Waals surface area contributed by atoms with Crippen LogP contribution in [0, 0.1) is 5.41 Å². The number of hydrogen-bond acceptors (Lipinski definition) is 9. The number of ether oxygens (including phenoxy) is 6. The van der Waals surface area contributed by atoms with E-state index in [1.54, 1.807) is 20.8 Å². The zero-order valence-electron chi connectivity index (χ0n) is 27.8. The molecule has 1 aliphatic rings. The molecule has 0 fully saturated rings. The van der Waals surface area contributed by atoms with Crippen LogP contribution in [0.2, 0.25) is 0 Å². The number of carbonyl (C=O) groups is 2. The third-order valence-electron chi connectivity index (χ3n) is 7.68. The number of rotatable bonds is 14. The van der Waals surface area contributed by atoms with E-state index in [0.717, 1.165) is 52.2 Å². The molecule has 1 aliphatic heterocycles. The van der Waals surface area contributed by atoms with Crippen LogP contribution in [-0.2, 0) is 19.1 Å². The number of fused-ring (bicyclic) bond motifs is 1. The normalized spacial score (nSPS) is 14.2. The van der Waals surface area contributed by atoms with Crippen LogP contribution in [0.5, 0.6) is 23.0 Å². The Balaban J connectivity index is 1.63. The topological polar surface area (TPSA) is 102 Å². The first-order chi connectivity index (χ1) is 22.0. The van der Waals surface area contributed by atoms with Gasteiger partial charge in [0, 0.05) is 13.0 Å². The van der Waals surface area contributed by atoms with E-state index in [-0.39, 0.29) is 38.2 Å². The van der Waals surface area contributed by atoms with Crippen LogP contribution in [-0.4, -0.2) is 51.3 Å². The largest absolute Gasteiger partial charge is 0.490 e. The van der Waals surface area contributed by atoms with Gasteiger partial charge in [0.2, 0.25) is 13.6 Å². The van der Waals surface area contributed by atoms with Crippen molar-refractivity contribution in [3.8, 4) is 23.0 Å². The Bertz CT molecular complexity index is 1500. The lowest BCUT2D eigenvalue weighted by molar-refractivity contribution is -0.159. The van der Waals surface area contributed by atoms with Gasteiger partial charge in [-0.3, -0.25) is 9.59 Å². The van der Waals surface area contributed by atoms with Crippen LogP contribution >= 0.6 is 0 Å². The maximum absolute atomic E-state index is 12.1. The molecule has 0 saturated carbocycles. The smallest absolute Gasteiger partial charge is 0.314 e. The summed E-state index contributed by atoms with van der Waals surface area (Å²) in [6.45, 7) is 11.2. The lowest BCUT2D eigenvalue weighted by atomic mass is 9.88. The molecule has 0 aromatic heterocycles. The SMILES string of the molecule is CCC(=C(c1ccc(OCOC(=O)C(C)(C)C)cc1)c1ccc(OCC(OC(C)=O)C(CC)NC)cc1)c1ccc2c(c1)OCO2. The molecular formula is C37H45NO8. The predicted molar refractivity (Wildman–Crippen MR) is 177 cm³/mol. The summed E-state index contributed by atoms with van der Waals surface area (Å²) in [5, 5.41) is 3.20. The first-order valence-corrected chi connectivity index (χ1v) is 15.6. The highest BCUT2D eigenvalue weighted by Crippen LogP contribution is 2.40. The first-order valence-electron chi connectivity index (χ1n) is 15.6. The number of allylic oxidation sites excluding steroid dienone is 1. The molecule has 0 spiro atoms. The van der Waals surface area contributed by atoms with Gasteiger partial charge in [-0.1, -0.05) is 44.2 Å². The number of esters is 2. The van der Waals surface area contributed by atoms with Crippen molar-refractivity contribution in [2.24, 2.45) is 5.41 Å². The average Bonchev–Trinajstić information content (AvgIpc) is 3.51. The third-order valence-corrected chi connectivity index (χ3v) is 7.68. The minimum absolute atomic E-state index is 0.0241. The minimum Gasteiger partial charge on any atom is -0.490 e. The van der Waals surface area contributed by atoms with E-state index in [2.05, 4.69) is 12.2 Å². The molecule has 3 aromatic rings. The number of hydrogen-bond donors (Lipinski definition) is 1. The Morgan fingerprint density at radius 1 is 0.848 bits per heavy atom. The Morgan fingerprint density at radius 2 is 1.43 bits per heavy atom. The molecule has 2 atom stereocenters. The van der Waals surface area contributed by atoms with E-state index < -0.39 is 11.5 Å². The van der Waals surface area contributed by atoms with Crippen molar-refractivity contribution >= 4 is 23.1 Å². The zero-order chi connectivity index (χ0) is 33.3. The maximum Gasteiger partial charge on any atom is 0.314 e. The standard InChI is InChI=1S/C37H45NO8/c1-8-30(27-14-19-32-33(20-27)44-23-43-32)35(26-12-17-29(18-13-26)42-22-45-36(40)37(4,5)6)25-10-15-28(16-11-25)41-21-34(46-24(3)39)31(9-2)38-7/h10-20,31,34,38H,8-9,21-23H2,1-7H3. The van der Waals surface area contributed by atoms with Crippen LogP contribution in [0.3, 0.4) is 0 Å². The highest BCUT2D eigenvalue weighted by molar-refractivity contribution is 5.99. The quantitative estimate of drug-likeness (QED) is 0.114. The van der Waals surface area contributed by atoms with E-state index in [1.165, 1.54) is 6.92 Å². The molecule has 1 heterocycles. The summed E-state index contributed by atoms with van der Waals surface area (Å²) in [7, 11) is 1.85. The Labute approximate surface area is 271 Å². The second-order valence-corrected chi connectivity index (χ2v) is 12.0. The van der Waals surface area contributed by atoms with Gasteiger partial charge in [-0.25, -0.2) is 0 Å². The Hall–Kier alpha value is -4.50. The predicted octanol–water partition coefficient (Wildman–Crippen LogP) is 7.02. The van der Waals surface area contributed by atoms with Gasteiger partial charge in [-0.05, 0) is 105 Å². The van der Waals surface area contributed by atoms with Gasteiger partial charge in [0.15, 0.2) is 17.6 Å². The molecule has 9 heteroatoms. The van der Waals surface area contributed by atoms with Gasteiger partial charge >= 0.3 is 11.9 Å². The van der Waals surface area contributed by atoms with Crippen LogP contribution < -0.4 is 24.3 Å². The van der Waals surface area contributed by atoms with Crippen molar-refractivity contribution < 1.29 is 38.0 Å². The first kappa shape index (κ1) is 34.4. The highest BCUT2D eigenvalue weighted by atomic mass is 16.7. The molecule has 3 aromatic carbocycles. The monoisotopic (exact) mass is 631 g/mol. The summed E-state index contributed by atoms with van der Waals surface area (Å²) in [5.41, 5.74) is 4.56. The number of likely N-dealkylation sites (N-methyl/N-ethyl adjacent to an activating group) is 1. The summed E-state index contributed by atoms with van der Waals surface area (Å²) in [6, 6.07) is 21.6. The number of carbonyl (C=O) groups excluding carboxylic acids is 2. The van der Waals surface area contributed by atoms with Crippen molar-refractivity contribution in [1.29, 1.82) is 0 Å². The van der Waals surface area contributed by atoms with Crippen molar-refractivity contribution in [3.05, 3.63) is 83.4 Å². The lowest BCUT2D eigenvalue weighted by Gasteiger charge is -2.25. The fourth-order valence-electron chi connectivity index (χ4n) is 5.20. The van der Waals surface area contributed by atoms with Gasteiger partial charge in [0.25, 0.3) is 0 Å². The molecule has 9 nitrogen and oxygen atoms in total. The molecule has 0 saturated heterocycles. The van der Waals surface area contributed by atoms with E-state index >= 15 is 0 Å². The van der Waals surface area contributed by atoms with Crippen molar-refractivity contribution in [1.82, 2.24) is 5.32 Å². The van der Waals surface area contributed by atoms with E-state index in [9.17, 15) is 9.59 Å². The van der Waals surface area contributed by atoms with Gasteiger partial charge in [-0.2, -0.15) is 0 Å². The van der Waals surface area contributed by atoms with Gasteiger partial charge < -0.3 is 33.7 Å².